The summed E-state index contributed by atoms with van der Waals surface area (Å²) in [7, 11) is 0. The Morgan fingerprint density at radius 3 is 1.35 bits per heavy atom. The summed E-state index contributed by atoms with van der Waals surface area (Å²) >= 11 is 0. The minimum absolute atomic E-state index is 0.116. The summed E-state index contributed by atoms with van der Waals surface area (Å²) in [5.74, 6) is -1.03. The number of hydrogen-bond acceptors (Lipinski definition) is 6. The largest absolute Gasteiger partial charge is 0.462 e. The number of carbonyl (C=O) groups excluding carboxylic acids is 3. The van der Waals surface area contributed by atoms with E-state index in [1.54, 1.807) is 0 Å². The van der Waals surface area contributed by atoms with Crippen LogP contribution in [0.3, 0.4) is 0 Å². The molecule has 1 atom stereocenters. The number of carbonyl (C=O) groups is 3. The van der Waals surface area contributed by atoms with Crippen molar-refractivity contribution in [2.75, 3.05) is 13.2 Å². The molecule has 0 bridgehead atoms. The molecule has 0 fully saturated rings. The van der Waals surface area contributed by atoms with Crippen LogP contribution in [-0.4, -0.2) is 37.2 Å². The van der Waals surface area contributed by atoms with Crippen LogP contribution in [0.15, 0.2) is 97.2 Å². The van der Waals surface area contributed by atoms with Crippen LogP contribution in [0.1, 0.15) is 149 Å². The van der Waals surface area contributed by atoms with Crippen molar-refractivity contribution in [3.8, 4) is 0 Å². The molecule has 0 aromatic heterocycles. The second-order valence-electron chi connectivity index (χ2n) is 12.5. The van der Waals surface area contributed by atoms with E-state index in [4.69, 9.17) is 14.2 Å². The average Bonchev–Trinajstić information content (AvgIpc) is 3.12. The van der Waals surface area contributed by atoms with E-state index in [0.717, 1.165) is 103 Å². The van der Waals surface area contributed by atoms with Gasteiger partial charge in [-0.25, -0.2) is 0 Å². The molecule has 1 unspecified atom stereocenters. The summed E-state index contributed by atoms with van der Waals surface area (Å²) in [6.07, 6.45) is 49.8. The van der Waals surface area contributed by atoms with Crippen LogP contribution < -0.4 is 0 Å². The van der Waals surface area contributed by atoms with E-state index in [1.165, 1.54) is 0 Å². The number of ether oxygens (including phenoxy) is 3. The molecule has 0 N–H and O–H groups in total. The Balaban J connectivity index is 4.48. The van der Waals surface area contributed by atoms with Gasteiger partial charge in [0.15, 0.2) is 6.10 Å². The van der Waals surface area contributed by atoms with E-state index in [9.17, 15) is 14.4 Å². The van der Waals surface area contributed by atoms with Crippen molar-refractivity contribution < 1.29 is 28.6 Å². The van der Waals surface area contributed by atoms with Crippen LogP contribution in [-0.2, 0) is 28.6 Å². The number of hydrogen-bond donors (Lipinski definition) is 0. The highest BCUT2D eigenvalue weighted by atomic mass is 16.6. The Bertz CT molecular complexity index is 1090. The quantitative estimate of drug-likeness (QED) is 0.0222. The maximum atomic E-state index is 12.6. The zero-order chi connectivity index (χ0) is 37.3. The Labute approximate surface area is 311 Å². The van der Waals surface area contributed by atoms with Gasteiger partial charge in [-0.2, -0.15) is 0 Å². The second kappa shape index (κ2) is 39.1. The molecule has 51 heavy (non-hydrogen) atoms. The van der Waals surface area contributed by atoms with Gasteiger partial charge in [0.2, 0.25) is 0 Å². The summed E-state index contributed by atoms with van der Waals surface area (Å²) in [5, 5.41) is 0. The van der Waals surface area contributed by atoms with Gasteiger partial charge in [-0.05, 0) is 89.9 Å². The molecule has 0 radical (unpaired) electrons. The Hall–Kier alpha value is -3.67. The van der Waals surface area contributed by atoms with Gasteiger partial charge >= 0.3 is 17.9 Å². The van der Waals surface area contributed by atoms with E-state index in [2.05, 4.69) is 93.7 Å². The molecule has 0 aliphatic rings. The van der Waals surface area contributed by atoms with Crippen LogP contribution >= 0.6 is 0 Å². The minimum atomic E-state index is -0.813. The normalized spacial score (nSPS) is 13.1. The van der Waals surface area contributed by atoms with Crippen LogP contribution in [0.2, 0.25) is 0 Å². The fourth-order valence-electron chi connectivity index (χ4n) is 4.76. The molecule has 0 saturated heterocycles. The van der Waals surface area contributed by atoms with Gasteiger partial charge in [-0.3, -0.25) is 14.4 Å². The first-order valence-corrected chi connectivity index (χ1v) is 19.8. The van der Waals surface area contributed by atoms with Crippen molar-refractivity contribution in [3.05, 3.63) is 97.2 Å². The van der Waals surface area contributed by atoms with Gasteiger partial charge in [0.05, 0.1) is 0 Å². The predicted molar refractivity (Wildman–Crippen MR) is 214 cm³/mol. The molecule has 0 aromatic carbocycles. The van der Waals surface area contributed by atoms with Crippen LogP contribution in [0.5, 0.6) is 0 Å². The summed E-state index contributed by atoms with van der Waals surface area (Å²) in [4.78, 5) is 37.4. The van der Waals surface area contributed by atoms with Gasteiger partial charge in [0.1, 0.15) is 13.2 Å². The standard InChI is InChI=1S/C45H70O6/c1-4-7-10-13-16-19-20-21-22-23-24-27-29-32-35-38-44(47)50-41-42(51-45(48)39-36-33-30-26-18-15-12-9-6-3)40-49-43(46)37-34-31-28-25-17-14-11-8-5-2/h7-13,16-22,25-26,42H,4-6,14-15,23-24,27-41H2,1-3H3/b10-7-,11-8-,12-9-,16-13-,20-19-,22-21-,25-17-,26-18-. The molecule has 0 saturated carbocycles. The van der Waals surface area contributed by atoms with Crippen molar-refractivity contribution in [3.63, 3.8) is 0 Å². The molecule has 0 aliphatic carbocycles. The Morgan fingerprint density at radius 2 is 0.804 bits per heavy atom. The molecule has 0 aromatic rings. The van der Waals surface area contributed by atoms with Gasteiger partial charge in [-0.1, -0.05) is 137 Å². The smallest absolute Gasteiger partial charge is 0.306 e. The molecular weight excluding hydrogens is 636 g/mol. The zero-order valence-electron chi connectivity index (χ0n) is 32.3. The number of allylic oxidation sites excluding steroid dienone is 16. The van der Waals surface area contributed by atoms with E-state index >= 15 is 0 Å². The second-order valence-corrected chi connectivity index (χ2v) is 12.5. The lowest BCUT2D eigenvalue weighted by Gasteiger charge is -2.18. The minimum Gasteiger partial charge on any atom is -0.462 e. The van der Waals surface area contributed by atoms with Gasteiger partial charge in [0.25, 0.3) is 0 Å². The zero-order valence-corrected chi connectivity index (χ0v) is 32.3. The van der Waals surface area contributed by atoms with Crippen molar-refractivity contribution in [1.29, 1.82) is 0 Å². The monoisotopic (exact) mass is 707 g/mol. The highest BCUT2D eigenvalue weighted by molar-refractivity contribution is 5.71. The van der Waals surface area contributed by atoms with Crippen molar-refractivity contribution in [2.45, 2.75) is 155 Å². The SMILES string of the molecule is CC\C=C/C=C\C=C/C=C\CCCCCCCC(=O)OCC(COC(=O)CCCC/C=C\C/C=C\CC)OC(=O)CCCC/C=C\C/C=C\CC. The van der Waals surface area contributed by atoms with Crippen molar-refractivity contribution >= 4 is 17.9 Å². The van der Waals surface area contributed by atoms with Crippen molar-refractivity contribution in [2.24, 2.45) is 0 Å². The molecule has 6 nitrogen and oxygen atoms in total. The third-order valence-corrected chi connectivity index (χ3v) is 7.66. The van der Waals surface area contributed by atoms with E-state index in [0.29, 0.717) is 19.3 Å². The fraction of sp³-hybridized carbons (Fsp3) is 0.578. The molecule has 0 heterocycles. The summed E-state index contributed by atoms with van der Waals surface area (Å²) < 4.78 is 16.5. The highest BCUT2D eigenvalue weighted by Crippen LogP contribution is 2.11. The first-order valence-electron chi connectivity index (χ1n) is 19.8. The molecule has 0 rings (SSSR count). The lowest BCUT2D eigenvalue weighted by atomic mass is 10.1. The summed E-state index contributed by atoms with van der Waals surface area (Å²) in [6, 6.07) is 0. The third kappa shape index (κ3) is 37.4. The third-order valence-electron chi connectivity index (χ3n) is 7.66. The fourth-order valence-corrected chi connectivity index (χ4v) is 4.76. The summed E-state index contributed by atoms with van der Waals surface area (Å²) in [5.41, 5.74) is 0. The van der Waals surface area contributed by atoms with Crippen molar-refractivity contribution in [1.82, 2.24) is 0 Å². The lowest BCUT2D eigenvalue weighted by Crippen LogP contribution is -2.30. The maximum Gasteiger partial charge on any atom is 0.306 e. The molecule has 0 aliphatic heterocycles. The molecule has 0 amide bonds. The Morgan fingerprint density at radius 1 is 0.412 bits per heavy atom. The number of unbranched alkanes of at least 4 members (excludes halogenated alkanes) is 9. The first kappa shape index (κ1) is 47.3. The van der Waals surface area contributed by atoms with E-state index < -0.39 is 6.10 Å². The number of rotatable bonds is 33. The van der Waals surface area contributed by atoms with Crippen LogP contribution in [0.25, 0.3) is 0 Å². The maximum absolute atomic E-state index is 12.6. The van der Waals surface area contributed by atoms with E-state index in [-0.39, 0.29) is 37.5 Å². The molecule has 6 heteroatoms. The number of esters is 3. The topological polar surface area (TPSA) is 78.9 Å². The predicted octanol–water partition coefficient (Wildman–Crippen LogP) is 12.3. The molecule has 286 valence electrons. The highest BCUT2D eigenvalue weighted by Gasteiger charge is 2.19. The summed E-state index contributed by atoms with van der Waals surface area (Å²) in [6.45, 7) is 6.11. The molecular formula is C45H70O6. The Kier molecular flexibility index (Phi) is 36.3. The van der Waals surface area contributed by atoms with E-state index in [1.807, 2.05) is 24.3 Å². The van der Waals surface area contributed by atoms with Crippen LogP contribution in [0, 0.1) is 0 Å². The van der Waals surface area contributed by atoms with Crippen LogP contribution in [0.4, 0.5) is 0 Å². The van der Waals surface area contributed by atoms with Gasteiger partial charge < -0.3 is 14.2 Å². The van der Waals surface area contributed by atoms with Gasteiger partial charge in [0, 0.05) is 19.3 Å². The lowest BCUT2D eigenvalue weighted by molar-refractivity contribution is -0.167. The molecule has 0 spiro atoms. The first-order chi connectivity index (χ1) is 25.0. The average molecular weight is 707 g/mol. The van der Waals surface area contributed by atoms with Gasteiger partial charge in [-0.15, -0.1) is 0 Å².